The minimum absolute atomic E-state index is 0.0156. The normalized spacial score (nSPS) is 17.3. The number of nitrogens with zero attached hydrogens (tertiary/aromatic N) is 1. The fraction of sp³-hybridized carbons (Fsp3) is 0.278. The van der Waals surface area contributed by atoms with E-state index in [4.69, 9.17) is 21.5 Å². The van der Waals surface area contributed by atoms with Crippen LogP contribution in [0.2, 0.25) is 5.02 Å². The molecule has 0 saturated carbocycles. The Morgan fingerprint density at radius 3 is 2.73 bits per heavy atom. The molecule has 2 N–H and O–H groups in total. The van der Waals surface area contributed by atoms with E-state index in [1.54, 1.807) is 42.3 Å². The number of hydrogen-bond donors (Lipinski definition) is 1. The van der Waals surface area contributed by atoms with Gasteiger partial charge in [0.1, 0.15) is 5.75 Å². The third kappa shape index (κ3) is 3.70. The van der Waals surface area contributed by atoms with Gasteiger partial charge in [-0.1, -0.05) is 23.7 Å². The number of ether oxygens (including phenoxy) is 1. The molecule has 1 amide bonds. The minimum Gasteiger partial charge on any atom is -0.480 e. The van der Waals surface area contributed by atoms with Gasteiger partial charge in [-0.3, -0.25) is 4.79 Å². The average molecular weight is 395 g/mol. The Morgan fingerprint density at radius 2 is 2.04 bits per heavy atom. The fourth-order valence-corrected chi connectivity index (χ4v) is 3.71. The number of fused-ring (bicyclic) bond motifs is 1. The maximum atomic E-state index is 12.8. The lowest BCUT2D eigenvalue weighted by Crippen LogP contribution is -2.40. The van der Waals surface area contributed by atoms with Gasteiger partial charge in [0.25, 0.3) is 5.91 Å². The summed E-state index contributed by atoms with van der Waals surface area (Å²) in [4.78, 5) is 14.4. The van der Waals surface area contributed by atoms with Crippen molar-refractivity contribution in [3.63, 3.8) is 0 Å². The summed E-state index contributed by atoms with van der Waals surface area (Å²) < 4.78 is 28.8. The van der Waals surface area contributed by atoms with Gasteiger partial charge in [0.05, 0.1) is 10.9 Å². The molecule has 8 heteroatoms. The molecule has 0 fully saturated rings. The van der Waals surface area contributed by atoms with E-state index < -0.39 is 16.1 Å². The lowest BCUT2D eigenvalue weighted by atomic mass is 10.1. The van der Waals surface area contributed by atoms with Crippen LogP contribution < -0.4 is 9.88 Å². The van der Waals surface area contributed by atoms with Gasteiger partial charge in [0.15, 0.2) is 6.10 Å². The molecule has 2 aromatic rings. The van der Waals surface area contributed by atoms with Crippen LogP contribution in [0, 0.1) is 0 Å². The second-order valence-corrected chi connectivity index (χ2v) is 8.30. The topological polar surface area (TPSA) is 89.7 Å². The number of benzene rings is 2. The van der Waals surface area contributed by atoms with Crippen LogP contribution in [0.15, 0.2) is 47.4 Å². The predicted octanol–water partition coefficient (Wildman–Crippen LogP) is 2.51. The smallest absolute Gasteiger partial charge is 0.264 e. The van der Waals surface area contributed by atoms with Gasteiger partial charge in [-0.2, -0.15) is 0 Å². The highest BCUT2D eigenvalue weighted by Gasteiger charge is 2.33. The van der Waals surface area contributed by atoms with Crippen molar-refractivity contribution in [2.75, 3.05) is 7.05 Å². The summed E-state index contributed by atoms with van der Waals surface area (Å²) in [5.41, 5.74) is 1.57. The first kappa shape index (κ1) is 18.7. The zero-order chi connectivity index (χ0) is 19.1. The fourth-order valence-electron chi connectivity index (χ4n) is 2.95. The molecule has 6 nitrogen and oxygen atoms in total. The number of rotatable bonds is 4. The molecule has 2 unspecified atom stereocenters. The zero-order valence-electron chi connectivity index (χ0n) is 14.3. The largest absolute Gasteiger partial charge is 0.480 e. The molecule has 2 aromatic carbocycles. The van der Waals surface area contributed by atoms with E-state index >= 15 is 0 Å². The minimum atomic E-state index is -3.80. The summed E-state index contributed by atoms with van der Waals surface area (Å²) in [5.74, 6) is 0.468. The lowest BCUT2D eigenvalue weighted by molar-refractivity contribution is -0.138. The molecule has 0 radical (unpaired) electrons. The molecule has 0 bridgehead atoms. The molecule has 1 aliphatic rings. The molecule has 138 valence electrons. The highest BCUT2D eigenvalue weighted by molar-refractivity contribution is 7.89. The second-order valence-electron chi connectivity index (χ2n) is 6.31. The van der Waals surface area contributed by atoms with Crippen molar-refractivity contribution in [3.8, 4) is 5.75 Å². The molecule has 1 heterocycles. The van der Waals surface area contributed by atoms with Crippen molar-refractivity contribution in [2.24, 2.45) is 5.14 Å². The number of likely N-dealkylation sites (N-methyl/N-ethyl adjacent to an activating group) is 1. The average Bonchev–Trinajstić information content (AvgIpc) is 3.02. The molecule has 26 heavy (non-hydrogen) atoms. The van der Waals surface area contributed by atoms with Crippen LogP contribution in [0.25, 0.3) is 0 Å². The zero-order valence-corrected chi connectivity index (χ0v) is 15.9. The molecule has 2 atom stereocenters. The van der Waals surface area contributed by atoms with Crippen LogP contribution in [0.1, 0.15) is 24.1 Å². The Kier molecular flexibility index (Phi) is 4.96. The van der Waals surface area contributed by atoms with Gasteiger partial charge in [-0.05, 0) is 48.4 Å². The van der Waals surface area contributed by atoms with Crippen LogP contribution in [-0.4, -0.2) is 32.4 Å². The number of halogens is 1. The second kappa shape index (κ2) is 6.90. The van der Waals surface area contributed by atoms with Crippen LogP contribution in [0.4, 0.5) is 0 Å². The summed E-state index contributed by atoms with van der Waals surface area (Å²) in [7, 11) is -2.14. The SMILES string of the molecule is CC(c1cccc(S(N)(=O)=O)c1)N(C)C(=O)C1Cc2cc(Cl)ccc2O1. The monoisotopic (exact) mass is 394 g/mol. The van der Waals surface area contributed by atoms with Gasteiger partial charge in [-0.15, -0.1) is 0 Å². The standard InChI is InChI=1S/C18H19ClN2O4S/c1-11(12-4-3-5-15(9-12)26(20,23)24)21(2)18(22)17-10-13-8-14(19)6-7-16(13)25-17/h3-9,11,17H,10H2,1-2H3,(H2,20,23,24). The number of carbonyl (C=O) groups excluding carboxylic acids is 1. The maximum Gasteiger partial charge on any atom is 0.264 e. The number of sulfonamides is 1. The van der Waals surface area contributed by atoms with E-state index in [0.29, 0.717) is 22.8 Å². The van der Waals surface area contributed by atoms with E-state index in [1.807, 2.05) is 6.92 Å². The highest BCUT2D eigenvalue weighted by Crippen LogP contribution is 2.32. The highest BCUT2D eigenvalue weighted by atomic mass is 35.5. The predicted molar refractivity (Wildman–Crippen MR) is 98.6 cm³/mol. The molecule has 0 aromatic heterocycles. The molecule has 3 rings (SSSR count). The number of nitrogens with two attached hydrogens (primary N) is 1. The first-order valence-corrected chi connectivity index (χ1v) is 9.94. The van der Waals surface area contributed by atoms with E-state index in [1.165, 1.54) is 12.1 Å². The van der Waals surface area contributed by atoms with Crippen molar-refractivity contribution in [1.82, 2.24) is 4.90 Å². The summed E-state index contributed by atoms with van der Waals surface area (Å²) in [6.45, 7) is 1.82. The molecule has 0 saturated heterocycles. The summed E-state index contributed by atoms with van der Waals surface area (Å²) in [5, 5.41) is 5.78. The first-order chi connectivity index (χ1) is 12.2. The molecule has 1 aliphatic heterocycles. The summed E-state index contributed by atoms with van der Waals surface area (Å²) >= 11 is 5.99. The van der Waals surface area contributed by atoms with Gasteiger partial charge >= 0.3 is 0 Å². The number of primary sulfonamides is 1. The van der Waals surface area contributed by atoms with E-state index in [9.17, 15) is 13.2 Å². The Bertz CT molecular complexity index is 961. The van der Waals surface area contributed by atoms with E-state index in [-0.39, 0.29) is 16.8 Å². The Labute approximate surface area is 157 Å². The summed E-state index contributed by atoms with van der Waals surface area (Å²) in [6.07, 6.45) is -0.180. The Morgan fingerprint density at radius 1 is 1.31 bits per heavy atom. The van der Waals surface area contributed by atoms with Crippen molar-refractivity contribution in [2.45, 2.75) is 30.4 Å². The molecular formula is C18H19ClN2O4S. The van der Waals surface area contributed by atoms with Gasteiger partial charge in [0, 0.05) is 18.5 Å². The third-order valence-electron chi connectivity index (χ3n) is 4.57. The molecular weight excluding hydrogens is 376 g/mol. The molecule has 0 aliphatic carbocycles. The van der Waals surface area contributed by atoms with Crippen molar-refractivity contribution in [1.29, 1.82) is 0 Å². The van der Waals surface area contributed by atoms with E-state index in [0.717, 1.165) is 5.56 Å². The number of hydrogen-bond acceptors (Lipinski definition) is 4. The van der Waals surface area contributed by atoms with Gasteiger partial charge < -0.3 is 9.64 Å². The van der Waals surface area contributed by atoms with Crippen molar-refractivity contribution >= 4 is 27.5 Å². The van der Waals surface area contributed by atoms with Crippen LogP contribution >= 0.6 is 11.6 Å². The number of amides is 1. The Hall–Kier alpha value is -2.09. The van der Waals surface area contributed by atoms with Gasteiger partial charge in [-0.25, -0.2) is 13.6 Å². The quantitative estimate of drug-likeness (QED) is 0.862. The van der Waals surface area contributed by atoms with Crippen LogP contribution in [-0.2, 0) is 21.2 Å². The number of carbonyl (C=O) groups is 1. The first-order valence-electron chi connectivity index (χ1n) is 8.01. The van der Waals surface area contributed by atoms with Crippen molar-refractivity contribution in [3.05, 3.63) is 58.6 Å². The lowest BCUT2D eigenvalue weighted by Gasteiger charge is -2.27. The summed E-state index contributed by atoms with van der Waals surface area (Å²) in [6, 6.07) is 11.2. The van der Waals surface area contributed by atoms with Gasteiger partial charge in [0.2, 0.25) is 10.0 Å². The van der Waals surface area contributed by atoms with E-state index in [2.05, 4.69) is 0 Å². The third-order valence-corrected chi connectivity index (χ3v) is 5.72. The van der Waals surface area contributed by atoms with Crippen LogP contribution in [0.3, 0.4) is 0 Å². The van der Waals surface area contributed by atoms with Crippen LogP contribution in [0.5, 0.6) is 5.75 Å². The molecule has 0 spiro atoms. The Balaban J connectivity index is 1.77. The van der Waals surface area contributed by atoms with Crippen molar-refractivity contribution < 1.29 is 17.9 Å². The maximum absolute atomic E-state index is 12.8.